The molecule has 0 saturated carbocycles. The molecule has 0 aliphatic heterocycles. The summed E-state index contributed by atoms with van der Waals surface area (Å²) in [7, 11) is 0. The van der Waals surface area contributed by atoms with E-state index in [9.17, 15) is 9.59 Å². The van der Waals surface area contributed by atoms with Gasteiger partial charge in [0, 0.05) is 6.08 Å². The summed E-state index contributed by atoms with van der Waals surface area (Å²) >= 11 is 0. The van der Waals surface area contributed by atoms with Crippen molar-refractivity contribution in [2.75, 3.05) is 0 Å². The summed E-state index contributed by atoms with van der Waals surface area (Å²) in [6.07, 6.45) is 6.15. The summed E-state index contributed by atoms with van der Waals surface area (Å²) in [6.45, 7) is 1.82. The standard InChI is InChI=1S/C13H12O3.2Na.2H/c1-2-3-5-10-12(14)16-13(15)11-8-6-4-7-9-11;;;;/h2-10H,1H3;;;;/b3-2+,10-5+;;;;. The topological polar surface area (TPSA) is 43.4 Å². The van der Waals surface area contributed by atoms with Gasteiger partial charge in [-0.15, -0.1) is 0 Å². The van der Waals surface area contributed by atoms with Crippen LogP contribution in [0.2, 0.25) is 0 Å². The summed E-state index contributed by atoms with van der Waals surface area (Å²) < 4.78 is 4.58. The Morgan fingerprint density at radius 1 is 1.06 bits per heavy atom. The van der Waals surface area contributed by atoms with Crippen LogP contribution in [-0.4, -0.2) is 71.1 Å². The number of hydrogen-bond donors (Lipinski definition) is 0. The molecule has 0 aromatic heterocycles. The molecule has 0 unspecified atom stereocenters. The SMILES string of the molecule is C/C=C/C=C/C(=O)OC(=O)c1ccccc1.[NaH].[NaH]. The Balaban J connectivity index is 0. The number of benzene rings is 1. The van der Waals surface area contributed by atoms with Gasteiger partial charge >= 0.3 is 71.1 Å². The molecule has 0 saturated heterocycles. The zero-order valence-corrected chi connectivity index (χ0v) is 8.92. The van der Waals surface area contributed by atoms with Crippen LogP contribution in [0.1, 0.15) is 17.3 Å². The van der Waals surface area contributed by atoms with Gasteiger partial charge in [-0.1, -0.05) is 36.4 Å². The second kappa shape index (κ2) is 11.9. The Morgan fingerprint density at radius 2 is 1.67 bits per heavy atom. The Morgan fingerprint density at radius 3 is 2.22 bits per heavy atom. The fraction of sp³-hybridized carbons (Fsp3) is 0.0769. The van der Waals surface area contributed by atoms with Crippen LogP contribution in [0.25, 0.3) is 0 Å². The first-order valence-corrected chi connectivity index (χ1v) is 4.84. The molecule has 1 aromatic rings. The van der Waals surface area contributed by atoms with Crippen LogP contribution in [0.4, 0.5) is 0 Å². The molecule has 0 amide bonds. The minimum absolute atomic E-state index is 0. The average molecular weight is 264 g/mol. The maximum atomic E-state index is 11.4. The summed E-state index contributed by atoms with van der Waals surface area (Å²) in [5.74, 6) is -1.32. The van der Waals surface area contributed by atoms with Crippen molar-refractivity contribution in [3.05, 3.63) is 60.2 Å². The molecule has 1 rings (SSSR count). The summed E-state index contributed by atoms with van der Waals surface area (Å²) in [4.78, 5) is 22.5. The molecule has 86 valence electrons. The molecular formula is C13H14Na2O3. The third kappa shape index (κ3) is 8.03. The fourth-order valence-corrected chi connectivity index (χ4v) is 1.00. The average Bonchev–Trinajstić information content (AvgIpc) is 2.30. The molecule has 3 nitrogen and oxygen atoms in total. The van der Waals surface area contributed by atoms with Gasteiger partial charge < -0.3 is 4.74 Å². The first kappa shape index (κ1) is 20.2. The van der Waals surface area contributed by atoms with E-state index in [-0.39, 0.29) is 59.1 Å². The van der Waals surface area contributed by atoms with Crippen molar-refractivity contribution in [2.45, 2.75) is 6.92 Å². The van der Waals surface area contributed by atoms with E-state index in [1.54, 1.807) is 42.5 Å². The van der Waals surface area contributed by atoms with Gasteiger partial charge in [0.05, 0.1) is 5.56 Å². The van der Waals surface area contributed by atoms with Crippen LogP contribution < -0.4 is 0 Å². The third-order valence-corrected chi connectivity index (χ3v) is 1.74. The predicted molar refractivity (Wildman–Crippen MR) is 75.1 cm³/mol. The number of allylic oxidation sites excluding steroid dienone is 3. The second-order valence-corrected chi connectivity index (χ2v) is 2.96. The van der Waals surface area contributed by atoms with Crippen LogP contribution in [0.15, 0.2) is 54.6 Å². The van der Waals surface area contributed by atoms with Crippen molar-refractivity contribution in [1.29, 1.82) is 0 Å². The van der Waals surface area contributed by atoms with Crippen molar-refractivity contribution in [2.24, 2.45) is 0 Å². The van der Waals surface area contributed by atoms with E-state index < -0.39 is 11.9 Å². The normalized spacial score (nSPS) is 9.61. The molecule has 0 bridgehead atoms. The number of ether oxygens (including phenoxy) is 1. The molecule has 0 heterocycles. The molecular weight excluding hydrogens is 250 g/mol. The Kier molecular flexibility index (Phi) is 13.3. The molecule has 0 aliphatic carbocycles. The van der Waals surface area contributed by atoms with E-state index in [2.05, 4.69) is 4.74 Å². The summed E-state index contributed by atoms with van der Waals surface area (Å²) in [5, 5.41) is 0. The van der Waals surface area contributed by atoms with Crippen molar-refractivity contribution >= 4 is 71.1 Å². The molecule has 0 radical (unpaired) electrons. The molecule has 1 aromatic carbocycles. The molecule has 5 heteroatoms. The molecule has 0 fully saturated rings. The Bertz CT molecular complexity index is 425. The number of carbonyl (C=O) groups is 2. The van der Waals surface area contributed by atoms with E-state index in [0.29, 0.717) is 5.56 Å². The molecule has 0 N–H and O–H groups in total. The maximum absolute atomic E-state index is 11.4. The van der Waals surface area contributed by atoms with Gasteiger partial charge in [-0.25, -0.2) is 9.59 Å². The Labute approximate surface area is 151 Å². The zero-order chi connectivity index (χ0) is 11.8. The van der Waals surface area contributed by atoms with Crippen LogP contribution in [0.3, 0.4) is 0 Å². The van der Waals surface area contributed by atoms with E-state index in [0.717, 1.165) is 0 Å². The monoisotopic (exact) mass is 264 g/mol. The first-order chi connectivity index (χ1) is 7.74. The summed E-state index contributed by atoms with van der Waals surface area (Å²) in [5.41, 5.74) is 0.357. The van der Waals surface area contributed by atoms with E-state index in [1.165, 1.54) is 12.2 Å². The van der Waals surface area contributed by atoms with Crippen LogP contribution >= 0.6 is 0 Å². The molecule has 0 atom stereocenters. The first-order valence-electron chi connectivity index (χ1n) is 4.84. The van der Waals surface area contributed by atoms with Gasteiger partial charge in [0.15, 0.2) is 0 Å². The second-order valence-electron chi connectivity index (χ2n) is 2.96. The van der Waals surface area contributed by atoms with Gasteiger partial charge in [-0.2, -0.15) is 0 Å². The van der Waals surface area contributed by atoms with Gasteiger partial charge in [0.25, 0.3) is 0 Å². The predicted octanol–water partition coefficient (Wildman–Crippen LogP) is 1.21. The van der Waals surface area contributed by atoms with Gasteiger partial charge in [-0.3, -0.25) is 0 Å². The van der Waals surface area contributed by atoms with E-state index >= 15 is 0 Å². The van der Waals surface area contributed by atoms with Crippen molar-refractivity contribution in [3.8, 4) is 0 Å². The quantitative estimate of drug-likeness (QED) is 0.271. The van der Waals surface area contributed by atoms with Gasteiger partial charge in [0.2, 0.25) is 0 Å². The zero-order valence-electron chi connectivity index (χ0n) is 8.92. The number of esters is 2. The van der Waals surface area contributed by atoms with Gasteiger partial charge in [-0.05, 0) is 19.1 Å². The molecule has 0 aliphatic rings. The van der Waals surface area contributed by atoms with Crippen LogP contribution in [0.5, 0.6) is 0 Å². The number of hydrogen-bond acceptors (Lipinski definition) is 3. The minimum atomic E-state index is -0.674. The number of rotatable bonds is 3. The fourth-order valence-electron chi connectivity index (χ4n) is 1.00. The van der Waals surface area contributed by atoms with Crippen LogP contribution in [-0.2, 0) is 9.53 Å². The molecule has 18 heavy (non-hydrogen) atoms. The number of carbonyl (C=O) groups excluding carboxylic acids is 2. The van der Waals surface area contributed by atoms with Gasteiger partial charge in [0.1, 0.15) is 0 Å². The third-order valence-electron chi connectivity index (χ3n) is 1.74. The molecule has 0 spiro atoms. The Hall–Kier alpha value is -0.160. The van der Waals surface area contributed by atoms with Crippen LogP contribution in [0, 0.1) is 0 Å². The van der Waals surface area contributed by atoms with Crippen molar-refractivity contribution in [1.82, 2.24) is 0 Å². The van der Waals surface area contributed by atoms with E-state index in [4.69, 9.17) is 0 Å². The van der Waals surface area contributed by atoms with Crippen molar-refractivity contribution in [3.63, 3.8) is 0 Å². The summed E-state index contributed by atoms with van der Waals surface area (Å²) in [6, 6.07) is 8.37. The van der Waals surface area contributed by atoms with Crippen molar-refractivity contribution < 1.29 is 14.3 Å². The van der Waals surface area contributed by atoms with E-state index in [1.807, 2.05) is 6.92 Å².